The summed E-state index contributed by atoms with van der Waals surface area (Å²) in [6.45, 7) is 8.35. The SMILES string of the molecule is CCCN1CCN(C(=O)c2cccc([C@@H]3CCCN(C(=O)NC)C3)c2)CC1. The zero-order chi connectivity index (χ0) is 19.2. The summed E-state index contributed by atoms with van der Waals surface area (Å²) in [6.07, 6.45) is 3.21. The van der Waals surface area contributed by atoms with E-state index < -0.39 is 0 Å². The van der Waals surface area contributed by atoms with Crippen LogP contribution in [0.2, 0.25) is 0 Å². The monoisotopic (exact) mass is 372 g/mol. The van der Waals surface area contributed by atoms with Gasteiger partial charge in [0.1, 0.15) is 0 Å². The largest absolute Gasteiger partial charge is 0.341 e. The number of nitrogens with zero attached hydrogens (tertiary/aromatic N) is 3. The van der Waals surface area contributed by atoms with Crippen molar-refractivity contribution in [2.24, 2.45) is 0 Å². The van der Waals surface area contributed by atoms with Gasteiger partial charge in [-0.2, -0.15) is 0 Å². The highest BCUT2D eigenvalue weighted by Crippen LogP contribution is 2.28. The zero-order valence-corrected chi connectivity index (χ0v) is 16.6. The number of likely N-dealkylation sites (tertiary alicyclic amines) is 1. The summed E-state index contributed by atoms with van der Waals surface area (Å²) >= 11 is 0. The number of urea groups is 1. The van der Waals surface area contributed by atoms with E-state index in [4.69, 9.17) is 0 Å². The lowest BCUT2D eigenvalue weighted by Gasteiger charge is -2.35. The molecule has 1 aromatic rings. The third kappa shape index (κ3) is 4.80. The minimum Gasteiger partial charge on any atom is -0.341 e. The molecule has 2 aliphatic rings. The fourth-order valence-electron chi connectivity index (χ4n) is 4.19. The molecule has 1 aromatic carbocycles. The standard InChI is InChI=1S/C21H32N4O2/c1-3-9-23-11-13-24(14-12-23)20(26)18-7-4-6-17(15-18)19-8-5-10-25(16-19)21(27)22-2/h4,6-7,15,19H,3,5,8-14,16H2,1-2H3,(H,22,27)/t19-/m1/s1. The lowest BCUT2D eigenvalue weighted by molar-refractivity contribution is 0.0637. The number of hydrogen-bond acceptors (Lipinski definition) is 3. The van der Waals surface area contributed by atoms with E-state index >= 15 is 0 Å². The highest BCUT2D eigenvalue weighted by atomic mass is 16.2. The summed E-state index contributed by atoms with van der Waals surface area (Å²) in [5.74, 6) is 0.428. The predicted molar refractivity (Wildman–Crippen MR) is 107 cm³/mol. The van der Waals surface area contributed by atoms with Crippen LogP contribution in [0.1, 0.15) is 48.0 Å². The van der Waals surface area contributed by atoms with Crippen LogP contribution in [0.3, 0.4) is 0 Å². The van der Waals surface area contributed by atoms with E-state index in [1.54, 1.807) is 7.05 Å². The van der Waals surface area contributed by atoms with Crippen LogP contribution in [0.25, 0.3) is 0 Å². The normalized spacial score (nSPS) is 21.2. The Balaban J connectivity index is 1.65. The molecule has 3 rings (SSSR count). The van der Waals surface area contributed by atoms with Crippen molar-refractivity contribution in [2.45, 2.75) is 32.1 Å². The molecule has 0 spiro atoms. The van der Waals surface area contributed by atoms with Gasteiger partial charge in [-0.1, -0.05) is 19.1 Å². The average Bonchev–Trinajstić information content (AvgIpc) is 2.73. The Labute approximate surface area is 162 Å². The van der Waals surface area contributed by atoms with Crippen LogP contribution in [0.5, 0.6) is 0 Å². The van der Waals surface area contributed by atoms with Gasteiger partial charge in [0, 0.05) is 57.8 Å². The van der Waals surface area contributed by atoms with Gasteiger partial charge in [-0.15, -0.1) is 0 Å². The van der Waals surface area contributed by atoms with Gasteiger partial charge in [0.05, 0.1) is 0 Å². The number of hydrogen-bond donors (Lipinski definition) is 1. The number of carbonyl (C=O) groups is 2. The third-order valence-electron chi connectivity index (χ3n) is 5.73. The molecule has 0 saturated carbocycles. The van der Waals surface area contributed by atoms with Gasteiger partial charge in [0.15, 0.2) is 0 Å². The van der Waals surface area contributed by atoms with E-state index in [0.717, 1.165) is 64.1 Å². The van der Waals surface area contributed by atoms with Gasteiger partial charge in [-0.3, -0.25) is 9.69 Å². The molecule has 2 fully saturated rings. The van der Waals surface area contributed by atoms with E-state index in [2.05, 4.69) is 23.2 Å². The minimum atomic E-state index is -0.0168. The molecule has 2 aliphatic heterocycles. The lowest BCUT2D eigenvalue weighted by atomic mass is 9.89. The summed E-state index contributed by atoms with van der Waals surface area (Å²) in [5.41, 5.74) is 1.94. The maximum atomic E-state index is 13.0. The van der Waals surface area contributed by atoms with Gasteiger partial charge in [0.2, 0.25) is 0 Å². The Morgan fingerprint density at radius 2 is 1.89 bits per heavy atom. The van der Waals surface area contributed by atoms with Crippen LogP contribution in [-0.4, -0.2) is 79.5 Å². The first-order chi connectivity index (χ1) is 13.1. The second-order valence-corrected chi connectivity index (χ2v) is 7.60. The van der Waals surface area contributed by atoms with Crippen molar-refractivity contribution in [3.63, 3.8) is 0 Å². The smallest absolute Gasteiger partial charge is 0.317 e. The number of piperidine rings is 1. The van der Waals surface area contributed by atoms with E-state index in [0.29, 0.717) is 12.5 Å². The summed E-state index contributed by atoms with van der Waals surface area (Å²) in [4.78, 5) is 31.2. The Morgan fingerprint density at radius 3 is 2.59 bits per heavy atom. The molecule has 148 valence electrons. The van der Waals surface area contributed by atoms with Crippen LogP contribution in [-0.2, 0) is 0 Å². The first-order valence-electron chi connectivity index (χ1n) is 10.2. The van der Waals surface area contributed by atoms with Crippen molar-refractivity contribution in [2.75, 3.05) is 52.9 Å². The first kappa shape index (κ1) is 19.7. The summed E-state index contributed by atoms with van der Waals surface area (Å²) in [6, 6.07) is 8.02. The van der Waals surface area contributed by atoms with Crippen LogP contribution in [0.4, 0.5) is 4.79 Å². The molecule has 0 unspecified atom stereocenters. The number of benzene rings is 1. The quantitative estimate of drug-likeness (QED) is 0.883. The van der Waals surface area contributed by atoms with Crippen LogP contribution in [0, 0.1) is 0 Å². The molecule has 0 aromatic heterocycles. The Bertz CT molecular complexity index is 655. The van der Waals surface area contributed by atoms with Gasteiger partial charge >= 0.3 is 6.03 Å². The van der Waals surface area contributed by atoms with E-state index in [9.17, 15) is 9.59 Å². The number of piperazine rings is 1. The molecule has 2 heterocycles. The molecule has 0 aliphatic carbocycles. The number of amides is 3. The fourth-order valence-corrected chi connectivity index (χ4v) is 4.19. The second-order valence-electron chi connectivity index (χ2n) is 7.60. The van der Waals surface area contributed by atoms with Crippen molar-refractivity contribution in [1.82, 2.24) is 20.0 Å². The molecule has 27 heavy (non-hydrogen) atoms. The first-order valence-corrected chi connectivity index (χ1v) is 10.2. The molecular weight excluding hydrogens is 340 g/mol. The maximum Gasteiger partial charge on any atom is 0.317 e. The molecule has 0 radical (unpaired) electrons. The van der Waals surface area contributed by atoms with Crippen molar-refractivity contribution in [1.29, 1.82) is 0 Å². The van der Waals surface area contributed by atoms with Crippen molar-refractivity contribution < 1.29 is 9.59 Å². The van der Waals surface area contributed by atoms with Crippen LogP contribution < -0.4 is 5.32 Å². The van der Waals surface area contributed by atoms with E-state index in [1.807, 2.05) is 28.0 Å². The lowest BCUT2D eigenvalue weighted by Crippen LogP contribution is -2.48. The highest BCUT2D eigenvalue weighted by molar-refractivity contribution is 5.94. The molecule has 6 heteroatoms. The second kappa shape index (κ2) is 9.22. The molecule has 2 saturated heterocycles. The average molecular weight is 373 g/mol. The van der Waals surface area contributed by atoms with Gasteiger partial charge < -0.3 is 15.1 Å². The zero-order valence-electron chi connectivity index (χ0n) is 16.6. The molecule has 1 N–H and O–H groups in total. The third-order valence-corrected chi connectivity index (χ3v) is 5.73. The summed E-state index contributed by atoms with van der Waals surface area (Å²) < 4.78 is 0. The summed E-state index contributed by atoms with van der Waals surface area (Å²) in [7, 11) is 1.67. The predicted octanol–water partition coefficient (Wildman–Crippen LogP) is 2.37. The number of nitrogens with one attached hydrogen (secondary N) is 1. The van der Waals surface area contributed by atoms with Crippen molar-refractivity contribution >= 4 is 11.9 Å². The molecule has 6 nitrogen and oxygen atoms in total. The van der Waals surface area contributed by atoms with E-state index in [1.165, 1.54) is 5.56 Å². The van der Waals surface area contributed by atoms with Gasteiger partial charge in [-0.05, 0) is 43.5 Å². The Hall–Kier alpha value is -2.08. The molecule has 3 amide bonds. The maximum absolute atomic E-state index is 13.0. The van der Waals surface area contributed by atoms with Crippen LogP contribution >= 0.6 is 0 Å². The van der Waals surface area contributed by atoms with Gasteiger partial charge in [-0.25, -0.2) is 4.79 Å². The van der Waals surface area contributed by atoms with Crippen LogP contribution in [0.15, 0.2) is 24.3 Å². The number of carbonyl (C=O) groups excluding carboxylic acids is 2. The Kier molecular flexibility index (Phi) is 6.72. The Morgan fingerprint density at radius 1 is 1.11 bits per heavy atom. The molecule has 0 bridgehead atoms. The van der Waals surface area contributed by atoms with Gasteiger partial charge in [0.25, 0.3) is 5.91 Å². The topological polar surface area (TPSA) is 55.9 Å². The van der Waals surface area contributed by atoms with Crippen molar-refractivity contribution in [3.8, 4) is 0 Å². The van der Waals surface area contributed by atoms with Crippen molar-refractivity contribution in [3.05, 3.63) is 35.4 Å². The molecule has 1 atom stereocenters. The minimum absolute atomic E-state index is 0.0168. The highest BCUT2D eigenvalue weighted by Gasteiger charge is 2.26. The van der Waals surface area contributed by atoms with E-state index in [-0.39, 0.29) is 11.9 Å². The summed E-state index contributed by atoms with van der Waals surface area (Å²) in [5, 5.41) is 2.71. The fraction of sp³-hybridized carbons (Fsp3) is 0.619. The number of rotatable bonds is 4. The molecular formula is C21H32N4O2.